The molecule has 32 heavy (non-hydrogen) atoms. The van der Waals surface area contributed by atoms with E-state index in [1.54, 1.807) is 25.3 Å². The van der Waals surface area contributed by atoms with Gasteiger partial charge >= 0.3 is 0 Å². The van der Waals surface area contributed by atoms with Gasteiger partial charge in [0.15, 0.2) is 0 Å². The summed E-state index contributed by atoms with van der Waals surface area (Å²) in [6, 6.07) is 5.99. The lowest BCUT2D eigenvalue weighted by Gasteiger charge is -2.43. The lowest BCUT2D eigenvalue weighted by molar-refractivity contribution is 0.0763. The number of benzene rings is 1. The van der Waals surface area contributed by atoms with E-state index in [0.717, 1.165) is 62.3 Å². The van der Waals surface area contributed by atoms with Crippen molar-refractivity contribution >= 4 is 23.5 Å². The molecule has 1 aliphatic carbocycles. The Balaban J connectivity index is 1.23. The van der Waals surface area contributed by atoms with Crippen LogP contribution in [-0.4, -0.2) is 78.1 Å². The largest absolute Gasteiger partial charge is 0.495 e. The van der Waals surface area contributed by atoms with Gasteiger partial charge in [0, 0.05) is 63.5 Å². The van der Waals surface area contributed by atoms with Crippen LogP contribution in [0.5, 0.6) is 5.75 Å². The van der Waals surface area contributed by atoms with Crippen LogP contribution < -0.4 is 9.64 Å². The molecule has 0 atom stereocenters. The predicted molar refractivity (Wildman–Crippen MR) is 125 cm³/mol. The van der Waals surface area contributed by atoms with Crippen LogP contribution in [0.25, 0.3) is 0 Å². The Morgan fingerprint density at radius 1 is 1.09 bits per heavy atom. The maximum absolute atomic E-state index is 13.1. The number of nitrogens with zero attached hydrogens (tertiary/aromatic N) is 5. The van der Waals surface area contributed by atoms with Crippen LogP contribution in [0.15, 0.2) is 24.4 Å². The zero-order chi connectivity index (χ0) is 22.1. The van der Waals surface area contributed by atoms with Crippen molar-refractivity contribution in [1.82, 2.24) is 19.8 Å². The summed E-state index contributed by atoms with van der Waals surface area (Å²) >= 11 is 6.23. The lowest BCUT2D eigenvalue weighted by atomic mass is 9.91. The molecule has 0 bridgehead atoms. The normalized spacial score (nSPS) is 19.8. The molecule has 0 unspecified atom stereocenters. The highest BCUT2D eigenvalue weighted by molar-refractivity contribution is 6.32. The van der Waals surface area contributed by atoms with Crippen LogP contribution in [0.3, 0.4) is 0 Å². The molecular formula is C24H30ClN5O2. The van der Waals surface area contributed by atoms with Gasteiger partial charge in [-0.1, -0.05) is 18.0 Å². The van der Waals surface area contributed by atoms with Gasteiger partial charge in [0.25, 0.3) is 5.91 Å². The van der Waals surface area contributed by atoms with Crippen molar-refractivity contribution in [2.24, 2.45) is 0 Å². The summed E-state index contributed by atoms with van der Waals surface area (Å²) < 4.78 is 5.20. The second-order valence-corrected chi connectivity index (χ2v) is 9.30. The van der Waals surface area contributed by atoms with E-state index in [1.165, 1.54) is 19.3 Å². The minimum absolute atomic E-state index is 0.0114. The monoisotopic (exact) mass is 455 g/mol. The average Bonchev–Trinajstić information content (AvgIpc) is 3.00. The quantitative estimate of drug-likeness (QED) is 0.706. The number of fused-ring (bicyclic) bond motifs is 1. The molecule has 0 spiro atoms. The molecule has 8 heteroatoms. The molecule has 3 heterocycles. The molecule has 2 aliphatic heterocycles. The van der Waals surface area contributed by atoms with Gasteiger partial charge in [-0.3, -0.25) is 9.69 Å². The third kappa shape index (κ3) is 4.28. The molecule has 7 nitrogen and oxygen atoms in total. The molecule has 1 saturated carbocycles. The zero-order valence-electron chi connectivity index (χ0n) is 18.6. The Hall–Kier alpha value is -2.38. The van der Waals surface area contributed by atoms with Crippen LogP contribution in [0.1, 0.15) is 40.9 Å². The number of anilines is 1. The minimum Gasteiger partial charge on any atom is -0.495 e. The van der Waals surface area contributed by atoms with Crippen LogP contribution in [0.2, 0.25) is 5.02 Å². The van der Waals surface area contributed by atoms with E-state index >= 15 is 0 Å². The highest BCUT2D eigenvalue weighted by atomic mass is 35.5. The molecule has 2 fully saturated rings. The fourth-order valence-electron chi connectivity index (χ4n) is 4.84. The van der Waals surface area contributed by atoms with E-state index in [4.69, 9.17) is 21.3 Å². The standard InChI is InChI=1S/C24H30ClN5O2/c1-32-22-6-5-17(15-20(22)25)23(31)29-9-7-18-16-26-24(27-21(18)8-10-29)30-13-11-28(12-14-30)19-3-2-4-19/h5-6,15-16,19H,2-4,7-14H2,1H3. The lowest BCUT2D eigenvalue weighted by Crippen LogP contribution is -2.52. The summed E-state index contributed by atoms with van der Waals surface area (Å²) in [4.78, 5) is 29.5. The molecular weight excluding hydrogens is 426 g/mol. The zero-order valence-corrected chi connectivity index (χ0v) is 19.4. The number of aromatic nitrogens is 2. The summed E-state index contributed by atoms with van der Waals surface area (Å²) in [7, 11) is 1.57. The van der Waals surface area contributed by atoms with Gasteiger partial charge in [0.1, 0.15) is 5.75 Å². The van der Waals surface area contributed by atoms with Crippen molar-refractivity contribution in [3.8, 4) is 5.75 Å². The van der Waals surface area contributed by atoms with E-state index in [0.29, 0.717) is 29.4 Å². The molecule has 1 amide bonds. The Morgan fingerprint density at radius 3 is 2.56 bits per heavy atom. The first-order chi connectivity index (χ1) is 15.6. The van der Waals surface area contributed by atoms with E-state index in [-0.39, 0.29) is 5.91 Å². The van der Waals surface area contributed by atoms with Crippen molar-refractivity contribution in [3.05, 3.63) is 46.2 Å². The number of amides is 1. The molecule has 1 saturated heterocycles. The van der Waals surface area contributed by atoms with Gasteiger partial charge in [0.2, 0.25) is 5.95 Å². The molecule has 1 aromatic heterocycles. The number of piperazine rings is 1. The first-order valence-corrected chi connectivity index (χ1v) is 12.0. The maximum Gasteiger partial charge on any atom is 0.253 e. The van der Waals surface area contributed by atoms with Gasteiger partial charge in [-0.2, -0.15) is 0 Å². The summed E-state index contributed by atoms with van der Waals surface area (Å²) in [5.41, 5.74) is 2.79. The smallest absolute Gasteiger partial charge is 0.253 e. The maximum atomic E-state index is 13.1. The second kappa shape index (κ2) is 9.24. The topological polar surface area (TPSA) is 61.8 Å². The van der Waals surface area contributed by atoms with Gasteiger partial charge < -0.3 is 14.5 Å². The SMILES string of the molecule is COc1ccc(C(=O)N2CCc3cnc(N4CCN(C5CCC5)CC4)nc3CC2)cc1Cl. The summed E-state index contributed by atoms with van der Waals surface area (Å²) in [5.74, 6) is 1.39. The Bertz CT molecular complexity index is 988. The predicted octanol–water partition coefficient (Wildman–Crippen LogP) is 3.05. The number of methoxy groups -OCH3 is 1. The van der Waals surface area contributed by atoms with E-state index in [1.807, 2.05) is 11.1 Å². The van der Waals surface area contributed by atoms with Gasteiger partial charge in [-0.25, -0.2) is 9.97 Å². The average molecular weight is 456 g/mol. The van der Waals surface area contributed by atoms with Crippen molar-refractivity contribution in [2.45, 2.75) is 38.1 Å². The summed E-state index contributed by atoms with van der Waals surface area (Å²) in [5, 5.41) is 0.448. The first kappa shape index (κ1) is 21.5. The molecule has 2 aromatic rings. The fraction of sp³-hybridized carbons (Fsp3) is 0.542. The second-order valence-electron chi connectivity index (χ2n) is 8.89. The number of hydrogen-bond acceptors (Lipinski definition) is 6. The van der Waals surface area contributed by atoms with Crippen molar-refractivity contribution in [2.75, 3.05) is 51.3 Å². The van der Waals surface area contributed by atoms with Crippen molar-refractivity contribution < 1.29 is 9.53 Å². The number of carbonyl (C=O) groups is 1. The van der Waals surface area contributed by atoms with Crippen LogP contribution in [0.4, 0.5) is 5.95 Å². The molecule has 5 rings (SSSR count). The van der Waals surface area contributed by atoms with E-state index < -0.39 is 0 Å². The number of rotatable bonds is 4. The van der Waals surface area contributed by atoms with Gasteiger partial charge in [-0.15, -0.1) is 0 Å². The van der Waals surface area contributed by atoms with Crippen LogP contribution >= 0.6 is 11.6 Å². The highest BCUT2D eigenvalue weighted by Gasteiger charge is 2.29. The van der Waals surface area contributed by atoms with Gasteiger partial charge in [0.05, 0.1) is 17.8 Å². The van der Waals surface area contributed by atoms with Crippen LogP contribution in [0, 0.1) is 0 Å². The third-order valence-electron chi connectivity index (χ3n) is 7.09. The van der Waals surface area contributed by atoms with E-state index in [9.17, 15) is 4.79 Å². The van der Waals surface area contributed by atoms with E-state index in [2.05, 4.69) is 14.8 Å². The molecule has 1 aromatic carbocycles. The minimum atomic E-state index is -0.0114. The van der Waals surface area contributed by atoms with Crippen LogP contribution in [-0.2, 0) is 12.8 Å². The molecule has 0 N–H and O–H groups in total. The summed E-state index contributed by atoms with van der Waals surface area (Å²) in [6.45, 7) is 5.45. The van der Waals surface area contributed by atoms with Gasteiger partial charge in [-0.05, 0) is 43.0 Å². The molecule has 3 aliphatic rings. The Labute approximate surface area is 194 Å². The number of halogens is 1. The fourth-order valence-corrected chi connectivity index (χ4v) is 5.10. The third-order valence-corrected chi connectivity index (χ3v) is 7.38. The summed E-state index contributed by atoms with van der Waals surface area (Å²) in [6.07, 6.45) is 7.56. The van der Waals surface area contributed by atoms with Crippen molar-refractivity contribution in [1.29, 1.82) is 0 Å². The molecule has 170 valence electrons. The highest BCUT2D eigenvalue weighted by Crippen LogP contribution is 2.27. The Morgan fingerprint density at radius 2 is 1.88 bits per heavy atom. The van der Waals surface area contributed by atoms with Crippen molar-refractivity contribution in [3.63, 3.8) is 0 Å². The number of ether oxygens (including phenoxy) is 1. The Kier molecular flexibility index (Phi) is 6.20. The number of hydrogen-bond donors (Lipinski definition) is 0. The first-order valence-electron chi connectivity index (χ1n) is 11.6. The number of carbonyl (C=O) groups excluding carboxylic acids is 1. The molecule has 0 radical (unpaired) electrons.